The van der Waals surface area contributed by atoms with E-state index < -0.39 is 17.7 Å². The number of amides is 1. The van der Waals surface area contributed by atoms with E-state index >= 15 is 0 Å². The van der Waals surface area contributed by atoms with E-state index in [1.807, 2.05) is 20.8 Å². The van der Waals surface area contributed by atoms with Crippen LogP contribution in [0.4, 0.5) is 4.79 Å². The van der Waals surface area contributed by atoms with Crippen LogP contribution in [0, 0.1) is 0 Å². The van der Waals surface area contributed by atoms with Crippen molar-refractivity contribution in [1.29, 1.82) is 0 Å². The van der Waals surface area contributed by atoms with Gasteiger partial charge in [-0.05, 0) is 40.0 Å². The van der Waals surface area contributed by atoms with Crippen LogP contribution in [0.3, 0.4) is 0 Å². The van der Waals surface area contributed by atoms with Crippen molar-refractivity contribution < 1.29 is 19.4 Å². The predicted molar refractivity (Wildman–Crippen MR) is 74.1 cm³/mol. The number of alkyl carbamates (subject to hydrolysis) is 1. The molecule has 0 fully saturated rings. The third kappa shape index (κ3) is 11.3. The van der Waals surface area contributed by atoms with E-state index in [1.165, 1.54) is 0 Å². The highest BCUT2D eigenvalue weighted by Crippen LogP contribution is 2.09. The predicted octanol–water partition coefficient (Wildman–Crippen LogP) is 3.10. The first-order valence-corrected chi connectivity index (χ1v) is 6.60. The van der Waals surface area contributed by atoms with Gasteiger partial charge in [0.1, 0.15) is 5.60 Å². The second-order valence-electron chi connectivity index (χ2n) is 5.50. The standard InChI is InChI=1S/C14H25NO4/c1-11(12(16)17)9-7-5-6-8-10-15-13(18)19-14(2,3)4/h1,5-10H2,2-4H3,(H,15,18)(H,16,17). The number of carbonyl (C=O) groups is 2. The van der Waals surface area contributed by atoms with Gasteiger partial charge in [-0.15, -0.1) is 0 Å². The first-order chi connectivity index (χ1) is 8.72. The zero-order valence-corrected chi connectivity index (χ0v) is 12.1. The lowest BCUT2D eigenvalue weighted by Gasteiger charge is -2.19. The molecule has 2 N–H and O–H groups in total. The van der Waals surface area contributed by atoms with Crippen LogP contribution in [-0.2, 0) is 9.53 Å². The van der Waals surface area contributed by atoms with Crippen LogP contribution < -0.4 is 5.32 Å². The van der Waals surface area contributed by atoms with E-state index in [0.29, 0.717) is 13.0 Å². The summed E-state index contributed by atoms with van der Waals surface area (Å²) < 4.78 is 5.10. The Morgan fingerprint density at radius 1 is 1.16 bits per heavy atom. The summed E-state index contributed by atoms with van der Waals surface area (Å²) in [6.45, 7) is 9.51. The molecule has 19 heavy (non-hydrogen) atoms. The SMILES string of the molecule is C=C(CCCCCCNC(=O)OC(C)(C)C)C(=O)O. The minimum absolute atomic E-state index is 0.256. The molecule has 0 atom stereocenters. The van der Waals surface area contributed by atoms with E-state index in [1.54, 1.807) is 0 Å². The molecule has 0 rings (SSSR count). The fourth-order valence-corrected chi connectivity index (χ4v) is 1.43. The van der Waals surface area contributed by atoms with Gasteiger partial charge < -0.3 is 15.2 Å². The fourth-order valence-electron chi connectivity index (χ4n) is 1.43. The molecule has 110 valence electrons. The van der Waals surface area contributed by atoms with Gasteiger partial charge in [-0.3, -0.25) is 0 Å². The van der Waals surface area contributed by atoms with E-state index in [2.05, 4.69) is 11.9 Å². The average Bonchev–Trinajstić information content (AvgIpc) is 2.24. The Hall–Kier alpha value is -1.52. The highest BCUT2D eigenvalue weighted by molar-refractivity contribution is 5.85. The molecule has 0 radical (unpaired) electrons. The number of rotatable bonds is 8. The van der Waals surface area contributed by atoms with Crippen LogP contribution in [0.25, 0.3) is 0 Å². The molecule has 0 unspecified atom stereocenters. The van der Waals surface area contributed by atoms with Gasteiger partial charge in [0.15, 0.2) is 0 Å². The lowest BCUT2D eigenvalue weighted by molar-refractivity contribution is -0.132. The van der Waals surface area contributed by atoms with E-state index in [9.17, 15) is 9.59 Å². The number of carboxylic acids is 1. The molecular weight excluding hydrogens is 246 g/mol. The normalized spacial score (nSPS) is 10.9. The zero-order chi connectivity index (χ0) is 14.9. The van der Waals surface area contributed by atoms with Gasteiger partial charge in [0.25, 0.3) is 0 Å². The average molecular weight is 271 g/mol. The molecule has 0 spiro atoms. The van der Waals surface area contributed by atoms with Crippen molar-refractivity contribution >= 4 is 12.1 Å². The Balaban J connectivity index is 3.44. The van der Waals surface area contributed by atoms with Gasteiger partial charge in [-0.1, -0.05) is 19.4 Å². The molecule has 0 bridgehead atoms. The van der Waals surface area contributed by atoms with E-state index in [4.69, 9.17) is 9.84 Å². The maximum atomic E-state index is 11.3. The van der Waals surface area contributed by atoms with Gasteiger partial charge in [0.05, 0.1) is 0 Å². The topological polar surface area (TPSA) is 75.6 Å². The summed E-state index contributed by atoms with van der Waals surface area (Å²) in [5.41, 5.74) is -0.215. The first kappa shape index (κ1) is 17.5. The van der Waals surface area contributed by atoms with Crippen LogP contribution >= 0.6 is 0 Å². The summed E-state index contributed by atoms with van der Waals surface area (Å²) in [7, 11) is 0. The van der Waals surface area contributed by atoms with Crippen molar-refractivity contribution in [3.8, 4) is 0 Å². The number of aliphatic carboxylic acids is 1. The number of nitrogens with one attached hydrogen (secondary N) is 1. The van der Waals surface area contributed by atoms with Crippen LogP contribution in [0.2, 0.25) is 0 Å². The number of hydrogen-bond donors (Lipinski definition) is 2. The molecule has 0 aromatic rings. The van der Waals surface area contributed by atoms with Crippen LogP contribution in [-0.4, -0.2) is 29.3 Å². The van der Waals surface area contributed by atoms with Crippen LogP contribution in [0.1, 0.15) is 52.9 Å². The molecule has 1 amide bonds. The van der Waals surface area contributed by atoms with E-state index in [-0.39, 0.29) is 5.57 Å². The summed E-state index contributed by atoms with van der Waals surface area (Å²) in [5, 5.41) is 11.3. The first-order valence-electron chi connectivity index (χ1n) is 6.60. The second-order valence-corrected chi connectivity index (χ2v) is 5.50. The molecule has 0 heterocycles. The number of ether oxygens (including phenoxy) is 1. The molecule has 0 aromatic heterocycles. The largest absolute Gasteiger partial charge is 0.478 e. The third-order valence-corrected chi connectivity index (χ3v) is 2.38. The van der Waals surface area contributed by atoms with Gasteiger partial charge in [0.2, 0.25) is 0 Å². The molecule has 0 saturated carbocycles. The molecule has 5 heteroatoms. The summed E-state index contributed by atoms with van der Waals surface area (Å²) in [6, 6.07) is 0. The second kappa shape index (κ2) is 8.56. The van der Waals surface area contributed by atoms with Gasteiger partial charge >= 0.3 is 12.1 Å². The van der Waals surface area contributed by atoms with Gasteiger partial charge in [-0.2, -0.15) is 0 Å². The van der Waals surface area contributed by atoms with Gasteiger partial charge in [-0.25, -0.2) is 9.59 Å². The van der Waals surface area contributed by atoms with Crippen molar-refractivity contribution in [1.82, 2.24) is 5.32 Å². The molecule has 0 aliphatic rings. The highest BCUT2D eigenvalue weighted by atomic mass is 16.6. The summed E-state index contributed by atoms with van der Waals surface area (Å²) in [5.74, 6) is -0.924. The maximum absolute atomic E-state index is 11.3. The summed E-state index contributed by atoms with van der Waals surface area (Å²) in [6.07, 6.45) is 3.68. The lowest BCUT2D eigenvalue weighted by Crippen LogP contribution is -2.32. The van der Waals surface area contributed by atoms with Gasteiger partial charge in [0, 0.05) is 12.1 Å². The van der Waals surface area contributed by atoms with E-state index in [0.717, 1.165) is 25.7 Å². The molecular formula is C14H25NO4. The monoisotopic (exact) mass is 271 g/mol. The van der Waals surface area contributed by atoms with Crippen LogP contribution in [0.5, 0.6) is 0 Å². The van der Waals surface area contributed by atoms with Crippen molar-refractivity contribution in [3.05, 3.63) is 12.2 Å². The lowest BCUT2D eigenvalue weighted by atomic mass is 10.1. The number of hydrogen-bond acceptors (Lipinski definition) is 3. The molecule has 0 saturated heterocycles. The Morgan fingerprint density at radius 2 is 1.74 bits per heavy atom. The number of carbonyl (C=O) groups excluding carboxylic acids is 1. The van der Waals surface area contributed by atoms with Crippen molar-refractivity contribution in [2.75, 3.05) is 6.54 Å². The summed E-state index contributed by atoms with van der Waals surface area (Å²) in [4.78, 5) is 21.8. The maximum Gasteiger partial charge on any atom is 0.407 e. The highest BCUT2D eigenvalue weighted by Gasteiger charge is 2.15. The van der Waals surface area contributed by atoms with Crippen molar-refractivity contribution in [2.45, 2.75) is 58.5 Å². The molecule has 0 aromatic carbocycles. The van der Waals surface area contributed by atoms with Crippen LogP contribution in [0.15, 0.2) is 12.2 Å². The molecule has 0 aliphatic carbocycles. The quantitative estimate of drug-likeness (QED) is 0.525. The number of carboxylic acid groups (broad SMARTS) is 1. The number of unbranched alkanes of at least 4 members (excludes halogenated alkanes) is 3. The molecule has 0 aliphatic heterocycles. The Bertz CT molecular complexity index is 318. The Morgan fingerprint density at radius 3 is 2.26 bits per heavy atom. The third-order valence-electron chi connectivity index (χ3n) is 2.38. The Labute approximate surface area is 115 Å². The fraction of sp³-hybridized carbons (Fsp3) is 0.714. The smallest absolute Gasteiger partial charge is 0.407 e. The minimum atomic E-state index is -0.924. The zero-order valence-electron chi connectivity index (χ0n) is 12.1. The minimum Gasteiger partial charge on any atom is -0.478 e. The van der Waals surface area contributed by atoms with Crippen molar-refractivity contribution in [3.63, 3.8) is 0 Å². The Kier molecular flexibility index (Phi) is 7.87. The summed E-state index contributed by atoms with van der Waals surface area (Å²) >= 11 is 0. The molecule has 5 nitrogen and oxygen atoms in total. The van der Waals surface area contributed by atoms with Crippen molar-refractivity contribution in [2.24, 2.45) is 0 Å².